The first-order valence-electron chi connectivity index (χ1n) is 16.4. The topological polar surface area (TPSA) is 246 Å². The number of rotatable bonds is 32. The van der Waals surface area contributed by atoms with Gasteiger partial charge in [0.25, 0.3) is 5.91 Å². The van der Waals surface area contributed by atoms with Gasteiger partial charge in [-0.1, -0.05) is 13.3 Å². The monoisotopic (exact) mass is 710 g/mol. The number of aliphatic hydroxyl groups is 1. The number of carbonyl (C=O) groups excluding carboxylic acids is 5. The highest BCUT2D eigenvalue weighted by atomic mass is 32.2. The lowest BCUT2D eigenvalue weighted by Crippen LogP contribution is -2.58. The van der Waals surface area contributed by atoms with Crippen molar-refractivity contribution in [2.24, 2.45) is 11.7 Å². The normalized spacial score (nSPS) is 14.4. The Morgan fingerprint density at radius 1 is 0.833 bits per heavy atom. The predicted octanol–water partition coefficient (Wildman–Crippen LogP) is -2.35. The van der Waals surface area contributed by atoms with E-state index in [0.717, 1.165) is 0 Å². The number of aliphatic hydroxyl groups excluding tert-OH is 1. The maximum Gasteiger partial charge on any atom is 0.251 e. The number of hydrogen-bond donors (Lipinski definition) is 7. The van der Waals surface area contributed by atoms with E-state index in [1.54, 1.807) is 0 Å². The van der Waals surface area contributed by atoms with Gasteiger partial charge in [0.1, 0.15) is 25.0 Å². The maximum atomic E-state index is 12.9. The fourth-order valence-corrected chi connectivity index (χ4v) is 4.72. The number of primary amides is 1. The van der Waals surface area contributed by atoms with E-state index < -0.39 is 40.8 Å². The van der Waals surface area contributed by atoms with Gasteiger partial charge in [-0.15, -0.1) is 0 Å². The number of hydrogen-bond acceptors (Lipinski definition) is 13. The van der Waals surface area contributed by atoms with Crippen molar-refractivity contribution in [1.82, 2.24) is 26.8 Å². The van der Waals surface area contributed by atoms with Gasteiger partial charge >= 0.3 is 0 Å². The molecule has 8 N–H and O–H groups in total. The summed E-state index contributed by atoms with van der Waals surface area (Å²) < 4.78 is 32.6. The summed E-state index contributed by atoms with van der Waals surface area (Å²) in [4.78, 5) is 60.7. The lowest BCUT2D eigenvalue weighted by atomic mass is 9.94. The summed E-state index contributed by atoms with van der Waals surface area (Å²) in [6.07, 6.45) is 3.10. The third-order valence-corrected chi connectivity index (χ3v) is 7.72. The highest BCUT2D eigenvalue weighted by molar-refractivity contribution is 7.84. The molecule has 0 aromatic heterocycles. The Morgan fingerprint density at radius 3 is 2.00 bits per heavy atom. The first-order valence-corrected chi connectivity index (χ1v) is 18.1. The highest BCUT2D eigenvalue weighted by Gasteiger charge is 2.25. The van der Waals surface area contributed by atoms with Gasteiger partial charge in [-0.05, 0) is 39.5 Å². The molecule has 0 fully saturated rings. The van der Waals surface area contributed by atoms with Crippen molar-refractivity contribution in [3.8, 4) is 0 Å². The van der Waals surface area contributed by atoms with Gasteiger partial charge in [0.15, 0.2) is 0 Å². The molecule has 0 heterocycles. The zero-order valence-electron chi connectivity index (χ0n) is 28.8. The highest BCUT2D eigenvalue weighted by Crippen LogP contribution is 2.13. The molecule has 0 bridgehead atoms. The number of carbonyl (C=O) groups is 5. The molecule has 0 aliphatic carbocycles. The number of nitrogens with two attached hydrogens (primary N) is 1. The fourth-order valence-electron chi connectivity index (χ4n) is 4.16. The smallest absolute Gasteiger partial charge is 0.251 e. The third-order valence-electron chi connectivity index (χ3n) is 6.91. The second-order valence-electron chi connectivity index (χ2n) is 10.9. The minimum Gasteiger partial charge on any atom is -0.391 e. The molecule has 0 saturated carbocycles. The fraction of sp³-hybridized carbons (Fsp3) is 0.833. The molecule has 0 aliphatic rings. The summed E-state index contributed by atoms with van der Waals surface area (Å²) in [5, 5.41) is 18.0. The summed E-state index contributed by atoms with van der Waals surface area (Å²) in [5.74, 6) is -2.06. The van der Waals surface area contributed by atoms with E-state index in [0.29, 0.717) is 65.2 Å². The molecular weight excluding hydrogens is 652 g/mol. The Morgan fingerprint density at radius 2 is 1.44 bits per heavy atom. The van der Waals surface area contributed by atoms with E-state index in [-0.39, 0.29) is 68.7 Å². The number of nitrogens with one attached hydrogen (secondary N) is 5. The molecule has 0 rings (SSSR count). The standard InChI is InChI=1S/C30H58N6O11S/c1-5-23(25(38)19-34-24(10-18-48(4)43)30(42)36-35-28(22(3)37)29(31)41)9-7-8-11-32-26(39)20-47-17-15-45-13-12-33-27(40)21-46-16-14-44-6-2/h22-24,28,34-35,37H,5-21H2,1-4H3,(H2,31,41)(H,32,39)(H,33,40)(H,36,42)/t22-,23+,24+,28+,48?/m1/s1. The SMILES string of the molecule is CCOCCOCC(=O)NCCOCCOCC(=O)NCCCC[C@H](CC)C(=O)CN[C@@H](CCS(C)=O)C(=O)NN[C@H](C(N)=O)[C@@H](C)O. The van der Waals surface area contributed by atoms with Gasteiger partial charge < -0.3 is 40.4 Å². The number of hydrazine groups is 1. The summed E-state index contributed by atoms with van der Waals surface area (Å²) in [7, 11) is -1.17. The van der Waals surface area contributed by atoms with Crippen LogP contribution in [0.5, 0.6) is 0 Å². The molecule has 0 aromatic carbocycles. The van der Waals surface area contributed by atoms with Crippen molar-refractivity contribution in [3.05, 3.63) is 0 Å². The lowest BCUT2D eigenvalue weighted by molar-refractivity contribution is -0.128. The number of ether oxygens (including phenoxy) is 4. The van der Waals surface area contributed by atoms with Crippen LogP contribution >= 0.6 is 0 Å². The molecule has 0 spiro atoms. The Labute approximate surface area is 286 Å². The molecule has 0 aliphatic heterocycles. The zero-order chi connectivity index (χ0) is 36.2. The molecule has 0 radical (unpaired) electrons. The number of amides is 4. The molecule has 17 nitrogen and oxygen atoms in total. The number of ketones is 1. The molecule has 280 valence electrons. The summed E-state index contributed by atoms with van der Waals surface area (Å²) in [5.41, 5.74) is 9.97. The first-order chi connectivity index (χ1) is 22.9. The molecule has 0 saturated heterocycles. The number of unbranched alkanes of at least 4 members (excludes halogenated alkanes) is 1. The van der Waals surface area contributed by atoms with E-state index in [2.05, 4.69) is 26.8 Å². The molecule has 5 atom stereocenters. The maximum absolute atomic E-state index is 12.9. The Hall–Kier alpha value is -2.58. The van der Waals surface area contributed by atoms with Crippen LogP contribution in [0.1, 0.15) is 52.9 Å². The van der Waals surface area contributed by atoms with E-state index in [4.69, 9.17) is 24.7 Å². The van der Waals surface area contributed by atoms with Crippen molar-refractivity contribution in [2.75, 3.05) is 84.5 Å². The molecule has 18 heteroatoms. The quantitative estimate of drug-likeness (QED) is 0.0286. The van der Waals surface area contributed by atoms with Crippen LogP contribution in [-0.2, 0) is 53.7 Å². The second-order valence-corrected chi connectivity index (χ2v) is 12.5. The third kappa shape index (κ3) is 24.5. The van der Waals surface area contributed by atoms with Crippen molar-refractivity contribution in [1.29, 1.82) is 0 Å². The minimum atomic E-state index is -1.21. The van der Waals surface area contributed by atoms with Crippen LogP contribution in [0.25, 0.3) is 0 Å². The van der Waals surface area contributed by atoms with Gasteiger partial charge in [0.2, 0.25) is 17.7 Å². The van der Waals surface area contributed by atoms with E-state index >= 15 is 0 Å². The average molecular weight is 711 g/mol. The molecule has 0 aromatic rings. The van der Waals surface area contributed by atoms with Crippen molar-refractivity contribution in [3.63, 3.8) is 0 Å². The van der Waals surface area contributed by atoms with Crippen LogP contribution in [0.15, 0.2) is 0 Å². The first kappa shape index (κ1) is 45.4. The Bertz CT molecular complexity index is 960. The van der Waals surface area contributed by atoms with Crippen LogP contribution in [0.4, 0.5) is 0 Å². The Kier molecular flexibility index (Phi) is 27.8. The molecule has 1 unspecified atom stereocenters. The van der Waals surface area contributed by atoms with Gasteiger partial charge in [-0.25, -0.2) is 5.43 Å². The zero-order valence-corrected chi connectivity index (χ0v) is 29.7. The van der Waals surface area contributed by atoms with E-state index in [1.807, 2.05) is 13.8 Å². The summed E-state index contributed by atoms with van der Waals surface area (Å²) >= 11 is 0. The van der Waals surface area contributed by atoms with Crippen LogP contribution in [-0.4, -0.2) is 141 Å². The summed E-state index contributed by atoms with van der Waals surface area (Å²) in [6.45, 7) is 7.84. The van der Waals surface area contributed by atoms with Crippen molar-refractivity contribution in [2.45, 2.75) is 71.1 Å². The van der Waals surface area contributed by atoms with Crippen LogP contribution in [0, 0.1) is 5.92 Å². The van der Waals surface area contributed by atoms with E-state index in [9.17, 15) is 33.3 Å². The van der Waals surface area contributed by atoms with Gasteiger partial charge in [-0.2, -0.15) is 0 Å². The van der Waals surface area contributed by atoms with E-state index in [1.165, 1.54) is 13.2 Å². The number of Topliss-reactive ketones (excluding diaryl/α,β-unsaturated/α-hetero) is 1. The van der Waals surface area contributed by atoms with Crippen LogP contribution in [0.2, 0.25) is 0 Å². The van der Waals surface area contributed by atoms with Crippen molar-refractivity contribution >= 4 is 40.2 Å². The predicted molar refractivity (Wildman–Crippen MR) is 179 cm³/mol. The molecular formula is C30H58N6O11S. The van der Waals surface area contributed by atoms with Crippen LogP contribution in [0.3, 0.4) is 0 Å². The van der Waals surface area contributed by atoms with Crippen molar-refractivity contribution < 1.29 is 52.2 Å². The second kappa shape index (κ2) is 29.3. The lowest BCUT2D eigenvalue weighted by Gasteiger charge is -2.23. The largest absolute Gasteiger partial charge is 0.391 e. The molecule has 4 amide bonds. The Balaban J connectivity index is 4.19. The minimum absolute atomic E-state index is 0.0406. The summed E-state index contributed by atoms with van der Waals surface area (Å²) in [6, 6.07) is -2.08. The average Bonchev–Trinajstić information content (AvgIpc) is 3.03. The van der Waals surface area contributed by atoms with Gasteiger partial charge in [0.05, 0.1) is 51.7 Å². The molecule has 48 heavy (non-hydrogen) atoms. The van der Waals surface area contributed by atoms with Crippen LogP contribution < -0.4 is 32.5 Å². The van der Waals surface area contributed by atoms with Gasteiger partial charge in [0, 0.05) is 48.4 Å². The van der Waals surface area contributed by atoms with Gasteiger partial charge in [-0.3, -0.25) is 38.9 Å².